The van der Waals surface area contributed by atoms with Crippen LogP contribution in [0.15, 0.2) is 29.6 Å². The smallest absolute Gasteiger partial charge is 0.242 e. The van der Waals surface area contributed by atoms with Gasteiger partial charge < -0.3 is 13.3 Å². The minimum Gasteiger partial charge on any atom is -0.548 e. The van der Waals surface area contributed by atoms with Crippen molar-refractivity contribution in [3.8, 4) is 5.75 Å². The molecule has 3 nitrogen and oxygen atoms in total. The van der Waals surface area contributed by atoms with Crippen LogP contribution in [0.3, 0.4) is 0 Å². The minimum atomic E-state index is -1.80. The SMILES string of the molecule is C[Si]C(O[Si](C)(C)C)=C(O[Si](C)(C)C)c1ccccc1O[Si](C)(C)C. The van der Waals surface area contributed by atoms with E-state index in [0.29, 0.717) is 9.52 Å². The summed E-state index contributed by atoms with van der Waals surface area (Å²) in [6.07, 6.45) is 0. The van der Waals surface area contributed by atoms with Gasteiger partial charge in [0, 0.05) is 0 Å². The second-order valence-corrected chi connectivity index (χ2v) is 23.3. The molecule has 0 N–H and O–H groups in total. The van der Waals surface area contributed by atoms with Crippen LogP contribution in [0.5, 0.6) is 5.75 Å². The predicted molar refractivity (Wildman–Crippen MR) is 118 cm³/mol. The summed E-state index contributed by atoms with van der Waals surface area (Å²) in [6.45, 7) is 22.0. The molecule has 0 unspecified atom stereocenters. The lowest BCUT2D eigenvalue weighted by molar-refractivity contribution is 0.421. The van der Waals surface area contributed by atoms with E-state index in [-0.39, 0.29) is 0 Å². The Labute approximate surface area is 160 Å². The molecule has 2 radical (unpaired) electrons. The first kappa shape index (κ1) is 22.3. The van der Waals surface area contributed by atoms with Crippen LogP contribution in [0.25, 0.3) is 5.76 Å². The lowest BCUT2D eigenvalue weighted by Crippen LogP contribution is -2.31. The third-order valence-electron chi connectivity index (χ3n) is 2.80. The number of para-hydroxylation sites is 1. The number of benzene rings is 1. The fourth-order valence-electron chi connectivity index (χ4n) is 2.12. The molecule has 0 aliphatic heterocycles. The molecule has 140 valence electrons. The van der Waals surface area contributed by atoms with Crippen molar-refractivity contribution in [1.82, 2.24) is 0 Å². The highest BCUT2D eigenvalue weighted by Crippen LogP contribution is 2.34. The predicted octanol–water partition coefficient (Wildman–Crippen LogP) is 5.98. The van der Waals surface area contributed by atoms with E-state index in [1.165, 1.54) is 0 Å². The highest BCUT2D eigenvalue weighted by atomic mass is 28.4. The molecule has 0 aliphatic carbocycles. The Morgan fingerprint density at radius 3 is 1.72 bits per heavy atom. The Hall–Kier alpha value is -0.772. The minimum absolute atomic E-state index is 0.544. The van der Waals surface area contributed by atoms with E-state index in [2.05, 4.69) is 71.5 Å². The van der Waals surface area contributed by atoms with Crippen molar-refractivity contribution >= 4 is 40.2 Å². The normalized spacial score (nSPS) is 14.0. The van der Waals surface area contributed by atoms with Crippen LogP contribution in [0.4, 0.5) is 0 Å². The van der Waals surface area contributed by atoms with Crippen molar-refractivity contribution in [2.45, 2.75) is 65.5 Å². The summed E-state index contributed by atoms with van der Waals surface area (Å²) in [7, 11) is -4.70. The van der Waals surface area contributed by atoms with E-state index in [9.17, 15) is 0 Å². The maximum atomic E-state index is 6.54. The van der Waals surface area contributed by atoms with Crippen molar-refractivity contribution < 1.29 is 13.3 Å². The number of hydrogen-bond acceptors (Lipinski definition) is 3. The molecule has 0 saturated carbocycles. The molecule has 0 aliphatic rings. The summed E-state index contributed by atoms with van der Waals surface area (Å²) in [4.78, 5) is 0. The summed E-state index contributed by atoms with van der Waals surface area (Å²) in [5.41, 5.74) is 1.02. The fraction of sp³-hybridized carbons (Fsp3) is 0.556. The van der Waals surface area contributed by atoms with Crippen molar-refractivity contribution in [2.75, 3.05) is 0 Å². The van der Waals surface area contributed by atoms with Crippen LogP contribution in [0.2, 0.25) is 65.5 Å². The first-order valence-electron chi connectivity index (χ1n) is 8.80. The van der Waals surface area contributed by atoms with Crippen molar-refractivity contribution in [1.29, 1.82) is 0 Å². The summed E-state index contributed by atoms with van der Waals surface area (Å²) in [5, 5.41) is 0.980. The third kappa shape index (κ3) is 8.43. The van der Waals surface area contributed by atoms with Crippen molar-refractivity contribution in [3.05, 3.63) is 35.2 Å². The zero-order chi connectivity index (χ0) is 19.5. The van der Waals surface area contributed by atoms with Crippen molar-refractivity contribution in [3.63, 3.8) is 0 Å². The van der Waals surface area contributed by atoms with E-state index >= 15 is 0 Å². The second kappa shape index (κ2) is 8.28. The van der Waals surface area contributed by atoms with E-state index in [4.69, 9.17) is 13.3 Å². The molecular formula is C18H34O3Si4. The lowest BCUT2D eigenvalue weighted by Gasteiger charge is -2.30. The molecule has 1 rings (SSSR count). The maximum Gasteiger partial charge on any atom is 0.242 e. The van der Waals surface area contributed by atoms with E-state index in [1.54, 1.807) is 0 Å². The van der Waals surface area contributed by atoms with Crippen molar-refractivity contribution in [2.24, 2.45) is 0 Å². The molecule has 25 heavy (non-hydrogen) atoms. The quantitative estimate of drug-likeness (QED) is 0.389. The highest BCUT2D eigenvalue weighted by molar-refractivity contribution is 6.72. The van der Waals surface area contributed by atoms with Gasteiger partial charge in [0.15, 0.2) is 0 Å². The molecule has 0 bridgehead atoms. The number of hydrogen-bond donors (Lipinski definition) is 0. The standard InChI is InChI=1S/C18H34O3Si4/c1-22-18(21-25(8,9)10)17(20-24(5,6)7)15-13-11-12-14-16(15)19-23(2,3)4/h11-14H,1-10H3. The molecule has 0 heterocycles. The highest BCUT2D eigenvalue weighted by Gasteiger charge is 2.28. The number of rotatable bonds is 8. The first-order chi connectivity index (χ1) is 11.2. The van der Waals surface area contributed by atoms with Gasteiger partial charge in [-0.05, 0) is 71.1 Å². The zero-order valence-corrected chi connectivity index (χ0v) is 21.5. The third-order valence-corrected chi connectivity index (χ3v) is 6.25. The van der Waals surface area contributed by atoms with Crippen LogP contribution in [-0.4, -0.2) is 34.5 Å². The molecule has 1 aromatic rings. The zero-order valence-electron chi connectivity index (χ0n) is 17.5. The van der Waals surface area contributed by atoms with Gasteiger partial charge in [-0.2, -0.15) is 0 Å². The van der Waals surface area contributed by atoms with Gasteiger partial charge in [0.2, 0.25) is 25.0 Å². The van der Waals surface area contributed by atoms with Crippen LogP contribution in [-0.2, 0) is 8.85 Å². The lowest BCUT2D eigenvalue weighted by atomic mass is 10.2. The van der Waals surface area contributed by atoms with Crippen LogP contribution < -0.4 is 4.43 Å². The van der Waals surface area contributed by atoms with E-state index in [1.807, 2.05) is 18.2 Å². The van der Waals surface area contributed by atoms with Gasteiger partial charge in [-0.1, -0.05) is 18.7 Å². The van der Waals surface area contributed by atoms with Crippen LogP contribution in [0, 0.1) is 0 Å². The molecule has 0 spiro atoms. The second-order valence-electron chi connectivity index (χ2n) is 9.05. The molecule has 0 saturated heterocycles. The van der Waals surface area contributed by atoms with Gasteiger partial charge in [0.05, 0.1) is 10.9 Å². The molecule has 0 aromatic heterocycles. The van der Waals surface area contributed by atoms with Gasteiger partial charge in [0.25, 0.3) is 0 Å². The summed E-state index contributed by atoms with van der Waals surface area (Å²) < 4.78 is 19.3. The molecule has 0 fully saturated rings. The Bertz CT molecular complexity index is 608. The largest absolute Gasteiger partial charge is 0.548 e. The van der Waals surface area contributed by atoms with Crippen LogP contribution in [0.1, 0.15) is 5.56 Å². The van der Waals surface area contributed by atoms with E-state index < -0.39 is 25.0 Å². The monoisotopic (exact) mass is 410 g/mol. The van der Waals surface area contributed by atoms with Gasteiger partial charge in [-0.15, -0.1) is 0 Å². The van der Waals surface area contributed by atoms with Gasteiger partial charge in [-0.25, -0.2) is 0 Å². The Kier molecular flexibility index (Phi) is 7.38. The molecule has 1 aromatic carbocycles. The Morgan fingerprint density at radius 1 is 0.760 bits per heavy atom. The Balaban J connectivity index is 3.53. The molecule has 7 heteroatoms. The molecule has 0 atom stereocenters. The summed E-state index contributed by atoms with van der Waals surface area (Å²) >= 11 is 0. The molecule has 0 amide bonds. The average molecular weight is 411 g/mol. The summed E-state index contributed by atoms with van der Waals surface area (Å²) in [6, 6.07) is 8.22. The summed E-state index contributed by atoms with van der Waals surface area (Å²) in [5.74, 6) is 1.79. The average Bonchev–Trinajstić information content (AvgIpc) is 2.39. The topological polar surface area (TPSA) is 27.7 Å². The Morgan fingerprint density at radius 2 is 1.28 bits per heavy atom. The van der Waals surface area contributed by atoms with Crippen LogP contribution >= 0.6 is 0 Å². The van der Waals surface area contributed by atoms with E-state index in [0.717, 1.165) is 22.5 Å². The maximum absolute atomic E-state index is 6.54. The van der Waals surface area contributed by atoms with Gasteiger partial charge >= 0.3 is 0 Å². The fourth-order valence-corrected chi connectivity index (χ4v) is 6.32. The van der Waals surface area contributed by atoms with Gasteiger partial charge in [-0.3, -0.25) is 0 Å². The van der Waals surface area contributed by atoms with Gasteiger partial charge in [0.1, 0.15) is 21.0 Å². The first-order valence-corrected chi connectivity index (χ1v) is 20.5. The molecular weight excluding hydrogens is 377 g/mol.